The van der Waals surface area contributed by atoms with Gasteiger partial charge in [0.05, 0.1) is 4.92 Å². The number of carbonyl (C=O) groups is 1. The summed E-state index contributed by atoms with van der Waals surface area (Å²) >= 11 is 0. The maximum Gasteiger partial charge on any atom is 0.307 e. The lowest BCUT2D eigenvalue weighted by molar-refractivity contribution is -0.385. The highest BCUT2D eigenvalue weighted by atomic mass is 16.6. The van der Waals surface area contributed by atoms with Crippen molar-refractivity contribution in [1.82, 2.24) is 14.8 Å². The standard InChI is InChI=1S/C12H13N5O3/c1-8-4-3-5-11(14-8)15-12(18)9(2)16-7-10(6-13-16)17(19)20/h3-7,9H,1-2H3,(H,14,15,18). The van der Waals surface area contributed by atoms with E-state index in [2.05, 4.69) is 15.4 Å². The van der Waals surface area contributed by atoms with Crippen LogP contribution in [0.4, 0.5) is 11.5 Å². The summed E-state index contributed by atoms with van der Waals surface area (Å²) in [6.45, 7) is 3.41. The number of carbonyl (C=O) groups excluding carboxylic acids is 1. The monoisotopic (exact) mass is 275 g/mol. The fourth-order valence-electron chi connectivity index (χ4n) is 1.60. The highest BCUT2D eigenvalue weighted by molar-refractivity contribution is 5.92. The van der Waals surface area contributed by atoms with Gasteiger partial charge in [-0.05, 0) is 26.0 Å². The van der Waals surface area contributed by atoms with E-state index >= 15 is 0 Å². The lowest BCUT2D eigenvalue weighted by Crippen LogP contribution is -2.24. The van der Waals surface area contributed by atoms with E-state index in [1.165, 1.54) is 10.9 Å². The van der Waals surface area contributed by atoms with Crippen molar-refractivity contribution in [2.24, 2.45) is 0 Å². The van der Waals surface area contributed by atoms with E-state index in [-0.39, 0.29) is 11.6 Å². The van der Waals surface area contributed by atoms with Gasteiger partial charge < -0.3 is 5.32 Å². The van der Waals surface area contributed by atoms with Gasteiger partial charge in [-0.15, -0.1) is 0 Å². The summed E-state index contributed by atoms with van der Waals surface area (Å²) in [7, 11) is 0. The Morgan fingerprint density at radius 2 is 2.25 bits per heavy atom. The first kappa shape index (κ1) is 13.7. The number of aromatic nitrogens is 3. The molecule has 104 valence electrons. The second kappa shape index (κ2) is 5.47. The molecule has 0 aliphatic carbocycles. The Kier molecular flexibility index (Phi) is 3.74. The molecule has 8 heteroatoms. The van der Waals surface area contributed by atoms with E-state index in [0.717, 1.165) is 11.9 Å². The maximum absolute atomic E-state index is 12.0. The molecule has 0 aromatic carbocycles. The van der Waals surface area contributed by atoms with Gasteiger partial charge in [0.15, 0.2) is 0 Å². The van der Waals surface area contributed by atoms with Gasteiger partial charge in [0, 0.05) is 5.69 Å². The van der Waals surface area contributed by atoms with Crippen LogP contribution in [0.2, 0.25) is 0 Å². The molecule has 0 saturated heterocycles. The molecule has 1 amide bonds. The van der Waals surface area contributed by atoms with Gasteiger partial charge in [-0.2, -0.15) is 5.10 Å². The van der Waals surface area contributed by atoms with Crippen LogP contribution in [0.15, 0.2) is 30.6 Å². The number of nitrogens with zero attached hydrogens (tertiary/aromatic N) is 4. The predicted octanol–water partition coefficient (Wildman–Crippen LogP) is 1.69. The van der Waals surface area contributed by atoms with E-state index in [4.69, 9.17) is 0 Å². The SMILES string of the molecule is Cc1cccc(NC(=O)C(C)n2cc([N+](=O)[O-])cn2)n1. The minimum Gasteiger partial charge on any atom is -0.309 e. The smallest absolute Gasteiger partial charge is 0.307 e. The third-order valence-electron chi connectivity index (χ3n) is 2.71. The number of amides is 1. The number of hydrogen-bond acceptors (Lipinski definition) is 5. The van der Waals surface area contributed by atoms with Gasteiger partial charge in [0.1, 0.15) is 24.3 Å². The summed E-state index contributed by atoms with van der Waals surface area (Å²) in [5.74, 6) is 0.0876. The molecule has 1 unspecified atom stereocenters. The largest absolute Gasteiger partial charge is 0.309 e. The van der Waals surface area contributed by atoms with Crippen LogP contribution in [-0.2, 0) is 4.79 Å². The molecule has 2 aromatic heterocycles. The normalized spacial score (nSPS) is 11.9. The van der Waals surface area contributed by atoms with Crippen molar-refractivity contribution < 1.29 is 9.72 Å². The van der Waals surface area contributed by atoms with Crippen LogP contribution in [0.1, 0.15) is 18.7 Å². The molecule has 20 heavy (non-hydrogen) atoms. The Morgan fingerprint density at radius 1 is 1.50 bits per heavy atom. The van der Waals surface area contributed by atoms with Crippen LogP contribution in [-0.4, -0.2) is 25.6 Å². The van der Waals surface area contributed by atoms with Crippen LogP contribution in [0, 0.1) is 17.0 Å². The third-order valence-corrected chi connectivity index (χ3v) is 2.71. The summed E-state index contributed by atoms with van der Waals surface area (Å²) in [5.41, 5.74) is 0.628. The summed E-state index contributed by atoms with van der Waals surface area (Å²) in [5, 5.41) is 17.0. The number of hydrogen-bond donors (Lipinski definition) is 1. The molecule has 0 radical (unpaired) electrons. The minimum atomic E-state index is -0.675. The Morgan fingerprint density at radius 3 is 2.85 bits per heavy atom. The molecule has 2 heterocycles. The Labute approximate surface area is 114 Å². The van der Waals surface area contributed by atoms with Crippen LogP contribution in [0.5, 0.6) is 0 Å². The third kappa shape index (κ3) is 2.97. The van der Waals surface area contributed by atoms with Gasteiger partial charge in [0.25, 0.3) is 0 Å². The van der Waals surface area contributed by atoms with Crippen LogP contribution < -0.4 is 5.32 Å². The number of nitro groups is 1. The van der Waals surface area contributed by atoms with Gasteiger partial charge in [-0.25, -0.2) is 4.98 Å². The maximum atomic E-state index is 12.0. The minimum absolute atomic E-state index is 0.154. The van der Waals surface area contributed by atoms with Crippen molar-refractivity contribution in [3.8, 4) is 0 Å². The van der Waals surface area contributed by atoms with Crippen LogP contribution in [0.3, 0.4) is 0 Å². The molecule has 0 fully saturated rings. The van der Waals surface area contributed by atoms with Crippen molar-refractivity contribution in [2.45, 2.75) is 19.9 Å². The molecule has 0 aliphatic heterocycles. The number of pyridine rings is 1. The topological polar surface area (TPSA) is 103 Å². The van der Waals surface area contributed by atoms with Crippen molar-refractivity contribution in [2.75, 3.05) is 5.32 Å². The highest BCUT2D eigenvalue weighted by Crippen LogP contribution is 2.14. The van der Waals surface area contributed by atoms with E-state index in [1.807, 2.05) is 13.0 Å². The predicted molar refractivity (Wildman–Crippen MR) is 71.2 cm³/mol. The van der Waals surface area contributed by atoms with Crippen molar-refractivity contribution in [3.63, 3.8) is 0 Å². The highest BCUT2D eigenvalue weighted by Gasteiger charge is 2.19. The van der Waals surface area contributed by atoms with E-state index in [1.54, 1.807) is 19.1 Å². The van der Waals surface area contributed by atoms with E-state index < -0.39 is 11.0 Å². The zero-order chi connectivity index (χ0) is 14.7. The summed E-state index contributed by atoms with van der Waals surface area (Å²) < 4.78 is 1.24. The van der Waals surface area contributed by atoms with Crippen LogP contribution in [0.25, 0.3) is 0 Å². The number of rotatable bonds is 4. The lowest BCUT2D eigenvalue weighted by atomic mass is 10.3. The van der Waals surface area contributed by atoms with E-state index in [0.29, 0.717) is 5.82 Å². The Bertz CT molecular complexity index is 652. The Hall–Kier alpha value is -2.77. The molecular weight excluding hydrogens is 262 g/mol. The van der Waals surface area contributed by atoms with Crippen LogP contribution >= 0.6 is 0 Å². The van der Waals surface area contributed by atoms with Gasteiger partial charge in [-0.1, -0.05) is 6.07 Å². The molecule has 0 saturated carbocycles. The second-order valence-corrected chi connectivity index (χ2v) is 4.27. The molecule has 0 aliphatic rings. The average Bonchev–Trinajstić information content (AvgIpc) is 2.87. The zero-order valence-electron chi connectivity index (χ0n) is 11.0. The zero-order valence-corrected chi connectivity index (χ0v) is 11.0. The Balaban J connectivity index is 2.10. The molecular formula is C12H13N5O3. The summed E-state index contributed by atoms with van der Waals surface area (Å²) in [4.78, 5) is 26.2. The molecule has 2 aromatic rings. The number of nitrogens with one attached hydrogen (secondary N) is 1. The van der Waals surface area contributed by atoms with E-state index in [9.17, 15) is 14.9 Å². The molecule has 1 atom stereocenters. The molecule has 2 rings (SSSR count). The van der Waals surface area contributed by atoms with Gasteiger partial charge >= 0.3 is 5.69 Å². The molecule has 0 bridgehead atoms. The number of aryl methyl sites for hydroxylation is 1. The molecule has 8 nitrogen and oxygen atoms in total. The quantitative estimate of drug-likeness (QED) is 0.675. The fourth-order valence-corrected chi connectivity index (χ4v) is 1.60. The van der Waals surface area contributed by atoms with Gasteiger partial charge in [0.2, 0.25) is 5.91 Å². The van der Waals surface area contributed by atoms with Crippen molar-refractivity contribution >= 4 is 17.4 Å². The fraction of sp³-hybridized carbons (Fsp3) is 0.250. The molecule has 0 spiro atoms. The first-order valence-electron chi connectivity index (χ1n) is 5.90. The summed E-state index contributed by atoms with van der Waals surface area (Å²) in [6, 6.07) is 4.59. The van der Waals surface area contributed by atoms with Crippen molar-refractivity contribution in [1.29, 1.82) is 0 Å². The first-order chi connectivity index (χ1) is 9.47. The lowest BCUT2D eigenvalue weighted by Gasteiger charge is -2.11. The molecule has 1 N–H and O–H groups in total. The second-order valence-electron chi connectivity index (χ2n) is 4.27. The first-order valence-corrected chi connectivity index (χ1v) is 5.90. The van der Waals surface area contributed by atoms with Crippen molar-refractivity contribution in [3.05, 3.63) is 46.4 Å². The van der Waals surface area contributed by atoms with Gasteiger partial charge in [-0.3, -0.25) is 19.6 Å². The summed E-state index contributed by atoms with van der Waals surface area (Å²) in [6.07, 6.45) is 2.32. The average molecular weight is 275 g/mol. The number of anilines is 1.